The first-order valence-electron chi connectivity index (χ1n) is 21.0. The van der Waals surface area contributed by atoms with E-state index < -0.39 is 0 Å². The number of para-hydroxylation sites is 3. The van der Waals surface area contributed by atoms with E-state index in [1.54, 1.807) is 0 Å². The topological polar surface area (TPSA) is 48.5 Å². The third-order valence-electron chi connectivity index (χ3n) is 12.0. The van der Waals surface area contributed by atoms with Gasteiger partial charge in [0, 0.05) is 38.2 Å². The Morgan fingerprint density at radius 3 is 1.50 bits per heavy atom. The number of hydrogen-bond donors (Lipinski definition) is 0. The van der Waals surface area contributed by atoms with Crippen LogP contribution < -0.4 is 0 Å². The predicted octanol–water partition coefficient (Wildman–Crippen LogP) is 14.4. The smallest absolute Gasteiger partial charge is 0.238 e. The Bertz CT molecular complexity index is 3620. The Kier molecular flexibility index (Phi) is 8.42. The molecule has 0 aliphatic heterocycles. The summed E-state index contributed by atoms with van der Waals surface area (Å²) in [6, 6.07) is 79.2. The van der Waals surface area contributed by atoms with Crippen LogP contribution in [-0.2, 0) is 0 Å². The second-order valence-corrected chi connectivity index (χ2v) is 15.6. The van der Waals surface area contributed by atoms with Gasteiger partial charge in [-0.05, 0) is 64.2 Å². The van der Waals surface area contributed by atoms with Crippen molar-refractivity contribution in [3.05, 3.63) is 224 Å². The normalized spacial score (nSPS) is 11.5. The van der Waals surface area contributed by atoms with E-state index >= 15 is 0 Å². The quantitative estimate of drug-likeness (QED) is 0.162. The molecular weight excluding hydrogens is 755 g/mol. The minimum atomic E-state index is 0.561. The maximum atomic E-state index is 5.41. The molecule has 0 aliphatic carbocycles. The highest BCUT2D eigenvalue weighted by atomic mass is 15.2. The lowest BCUT2D eigenvalue weighted by atomic mass is 9.98. The van der Waals surface area contributed by atoms with Crippen molar-refractivity contribution < 1.29 is 0 Å². The number of fused-ring (bicyclic) bond motifs is 7. The third kappa shape index (κ3) is 5.90. The molecule has 3 heterocycles. The Hall–Kier alpha value is -8.41. The van der Waals surface area contributed by atoms with Crippen LogP contribution in [0.25, 0.3) is 111 Å². The molecule has 0 radical (unpaired) electrons. The summed E-state index contributed by atoms with van der Waals surface area (Å²) in [6.07, 6.45) is 0. The van der Waals surface area contributed by atoms with Gasteiger partial charge in [0.1, 0.15) is 0 Å². The second kappa shape index (κ2) is 14.7. The van der Waals surface area contributed by atoms with Crippen molar-refractivity contribution in [1.29, 1.82) is 0 Å². The van der Waals surface area contributed by atoms with Crippen LogP contribution in [0.5, 0.6) is 0 Å². The van der Waals surface area contributed by atoms with Crippen molar-refractivity contribution >= 4 is 43.6 Å². The summed E-state index contributed by atoms with van der Waals surface area (Å²) in [5.41, 5.74) is 14.2. The molecule has 12 aromatic rings. The van der Waals surface area contributed by atoms with Gasteiger partial charge < -0.3 is 4.57 Å². The van der Waals surface area contributed by atoms with Crippen LogP contribution in [-0.4, -0.2) is 24.1 Å². The van der Waals surface area contributed by atoms with Gasteiger partial charge in [-0.3, -0.25) is 4.57 Å². The van der Waals surface area contributed by atoms with Crippen LogP contribution in [0.2, 0.25) is 0 Å². The summed E-state index contributed by atoms with van der Waals surface area (Å²) in [6.45, 7) is 0. The molecule has 0 spiro atoms. The molecule has 0 unspecified atom stereocenters. The molecular formula is C57H37N5. The van der Waals surface area contributed by atoms with Gasteiger partial charge in [0.25, 0.3) is 0 Å². The van der Waals surface area contributed by atoms with Crippen LogP contribution in [0.1, 0.15) is 0 Å². The average molecular weight is 792 g/mol. The molecule has 0 amide bonds. The summed E-state index contributed by atoms with van der Waals surface area (Å²) >= 11 is 0. The first-order valence-corrected chi connectivity index (χ1v) is 21.0. The lowest BCUT2D eigenvalue weighted by Crippen LogP contribution is -2.06. The Labute approximate surface area is 358 Å². The fraction of sp³-hybridized carbons (Fsp3) is 0. The molecule has 0 N–H and O–H groups in total. The van der Waals surface area contributed by atoms with Crippen molar-refractivity contribution in [2.24, 2.45) is 0 Å². The Balaban J connectivity index is 1.12. The minimum absolute atomic E-state index is 0.561. The lowest BCUT2D eigenvalue weighted by Gasteiger charge is -2.14. The number of benzene rings is 9. The first kappa shape index (κ1) is 35.5. The van der Waals surface area contributed by atoms with Gasteiger partial charge in [-0.1, -0.05) is 188 Å². The standard InChI is InChI=1S/C57H37N5/c1-4-18-38(19-5-1)41-24-16-25-42(36-41)43-26-17-27-44(37-43)56-58-55(40-22-8-3-9-23-40)59-57(60-56)62-50-32-14-11-29-46(50)47-34-35-52-53(54(47)62)48-30-12-15-33-51(48)61(52)49-31-13-10-28-45(49)39-20-6-2-7-21-39/h1-37H. The van der Waals surface area contributed by atoms with Gasteiger partial charge in [-0.2, -0.15) is 9.97 Å². The van der Waals surface area contributed by atoms with Crippen LogP contribution in [0.15, 0.2) is 224 Å². The van der Waals surface area contributed by atoms with Gasteiger partial charge >= 0.3 is 0 Å². The monoisotopic (exact) mass is 791 g/mol. The molecule has 5 nitrogen and oxygen atoms in total. The average Bonchev–Trinajstić information content (AvgIpc) is 3.88. The molecule has 0 aliphatic rings. The molecule has 12 rings (SSSR count). The summed E-state index contributed by atoms with van der Waals surface area (Å²) in [5, 5.41) is 4.56. The van der Waals surface area contributed by atoms with Gasteiger partial charge in [-0.15, -0.1) is 0 Å². The molecule has 0 atom stereocenters. The van der Waals surface area contributed by atoms with E-state index in [0.29, 0.717) is 17.6 Å². The Morgan fingerprint density at radius 2 is 0.790 bits per heavy atom. The molecule has 0 saturated heterocycles. The van der Waals surface area contributed by atoms with Crippen molar-refractivity contribution in [2.75, 3.05) is 0 Å². The van der Waals surface area contributed by atoms with Gasteiger partial charge in [0.15, 0.2) is 11.6 Å². The second-order valence-electron chi connectivity index (χ2n) is 15.6. The van der Waals surface area contributed by atoms with E-state index in [-0.39, 0.29) is 0 Å². The highest BCUT2D eigenvalue weighted by molar-refractivity contribution is 6.26. The highest BCUT2D eigenvalue weighted by Gasteiger charge is 2.24. The van der Waals surface area contributed by atoms with Gasteiger partial charge in [-0.25, -0.2) is 4.98 Å². The van der Waals surface area contributed by atoms with Crippen LogP contribution in [0.3, 0.4) is 0 Å². The first-order chi connectivity index (χ1) is 30.8. The van der Waals surface area contributed by atoms with Gasteiger partial charge in [0.05, 0.1) is 27.8 Å². The number of nitrogens with zero attached hydrogens (tertiary/aromatic N) is 5. The zero-order chi connectivity index (χ0) is 41.0. The molecule has 0 saturated carbocycles. The molecule has 290 valence electrons. The summed E-state index contributed by atoms with van der Waals surface area (Å²) < 4.78 is 4.68. The lowest BCUT2D eigenvalue weighted by molar-refractivity contribution is 0.955. The summed E-state index contributed by atoms with van der Waals surface area (Å²) in [7, 11) is 0. The van der Waals surface area contributed by atoms with Crippen molar-refractivity contribution in [3.63, 3.8) is 0 Å². The number of aromatic nitrogens is 5. The molecule has 5 heteroatoms. The summed E-state index contributed by atoms with van der Waals surface area (Å²) in [5.74, 6) is 1.78. The maximum Gasteiger partial charge on any atom is 0.238 e. The van der Waals surface area contributed by atoms with E-state index in [1.165, 1.54) is 22.3 Å². The van der Waals surface area contributed by atoms with Crippen LogP contribution in [0, 0.1) is 0 Å². The van der Waals surface area contributed by atoms with Gasteiger partial charge in [0.2, 0.25) is 5.95 Å². The van der Waals surface area contributed by atoms with E-state index in [9.17, 15) is 0 Å². The molecule has 9 aromatic carbocycles. The fourth-order valence-corrected chi connectivity index (χ4v) is 9.16. The summed E-state index contributed by atoms with van der Waals surface area (Å²) in [4.78, 5) is 15.9. The number of rotatable bonds is 7. The predicted molar refractivity (Wildman–Crippen MR) is 256 cm³/mol. The largest absolute Gasteiger partial charge is 0.309 e. The number of hydrogen-bond acceptors (Lipinski definition) is 3. The van der Waals surface area contributed by atoms with Crippen LogP contribution >= 0.6 is 0 Å². The SMILES string of the molecule is c1ccc(-c2cccc(-c3cccc(-c4nc(-c5ccccc5)nc(-n5c6ccccc6c6ccc7c(c8ccccc8n7-c7ccccc7-c7ccccc7)c65)n4)c3)c2)cc1. The molecule has 62 heavy (non-hydrogen) atoms. The van der Waals surface area contributed by atoms with Crippen molar-refractivity contribution in [3.8, 4) is 67.8 Å². The molecule has 3 aromatic heterocycles. The van der Waals surface area contributed by atoms with Crippen LogP contribution in [0.4, 0.5) is 0 Å². The van der Waals surface area contributed by atoms with E-state index in [0.717, 1.165) is 71.6 Å². The zero-order valence-electron chi connectivity index (χ0n) is 33.6. The van der Waals surface area contributed by atoms with Crippen molar-refractivity contribution in [1.82, 2.24) is 24.1 Å². The van der Waals surface area contributed by atoms with Crippen molar-refractivity contribution in [2.45, 2.75) is 0 Å². The molecule has 0 bridgehead atoms. The highest BCUT2D eigenvalue weighted by Crippen LogP contribution is 2.43. The minimum Gasteiger partial charge on any atom is -0.309 e. The van der Waals surface area contributed by atoms with E-state index in [2.05, 4.69) is 215 Å². The maximum absolute atomic E-state index is 5.41. The zero-order valence-corrected chi connectivity index (χ0v) is 33.6. The Morgan fingerprint density at radius 1 is 0.290 bits per heavy atom. The van der Waals surface area contributed by atoms with E-state index in [1.807, 2.05) is 18.2 Å². The molecule has 0 fully saturated rings. The third-order valence-corrected chi connectivity index (χ3v) is 12.0. The van der Waals surface area contributed by atoms with E-state index in [4.69, 9.17) is 15.0 Å². The fourth-order valence-electron chi connectivity index (χ4n) is 9.16.